The van der Waals surface area contributed by atoms with Crippen molar-refractivity contribution in [2.24, 2.45) is 0 Å². The molecule has 1 fully saturated rings. The second-order valence-electron chi connectivity index (χ2n) is 5.08. The summed E-state index contributed by atoms with van der Waals surface area (Å²) in [4.78, 5) is 25.2. The molecule has 0 radical (unpaired) electrons. The monoisotopic (exact) mass is 280 g/mol. The van der Waals surface area contributed by atoms with Crippen molar-refractivity contribution in [1.29, 1.82) is 0 Å². The van der Waals surface area contributed by atoms with Crippen LogP contribution >= 0.6 is 0 Å². The fourth-order valence-electron chi connectivity index (χ4n) is 2.76. The zero-order valence-electron chi connectivity index (χ0n) is 11.4. The quantitative estimate of drug-likeness (QED) is 0.841. The molecule has 1 aromatic heterocycles. The number of likely N-dealkylation sites (tertiary alicyclic amines) is 1. The van der Waals surface area contributed by atoms with Gasteiger partial charge in [-0.05, 0) is 37.8 Å². The Balaban J connectivity index is 2.06. The molecule has 2 rings (SSSR count). The maximum absolute atomic E-state index is 12.4. The predicted molar refractivity (Wildman–Crippen MR) is 72.4 cm³/mol. The number of aliphatic hydroxyl groups excluding tert-OH is 1. The summed E-state index contributed by atoms with van der Waals surface area (Å²) < 4.78 is 1.45. The van der Waals surface area contributed by atoms with E-state index in [1.165, 1.54) is 10.6 Å². The van der Waals surface area contributed by atoms with Crippen LogP contribution in [-0.2, 0) is 11.3 Å². The molecule has 1 saturated heterocycles. The summed E-state index contributed by atoms with van der Waals surface area (Å²) in [5.41, 5.74) is 0.120. The molecule has 0 saturated carbocycles. The summed E-state index contributed by atoms with van der Waals surface area (Å²) in [7, 11) is 0. The average Bonchev–Trinajstić information content (AvgIpc) is 2.88. The molecule has 6 heteroatoms. The third-order valence-electron chi connectivity index (χ3n) is 3.76. The molecule has 2 N–H and O–H groups in total. The first kappa shape index (κ1) is 14.6. The number of carbonyl (C=O) groups excluding carboxylic acids is 1. The zero-order valence-corrected chi connectivity index (χ0v) is 11.4. The molecule has 1 atom stereocenters. The lowest BCUT2D eigenvalue weighted by Crippen LogP contribution is -2.45. The van der Waals surface area contributed by atoms with Crippen molar-refractivity contribution in [2.45, 2.75) is 38.3 Å². The van der Waals surface area contributed by atoms with Gasteiger partial charge in [0.2, 0.25) is 5.91 Å². The van der Waals surface area contributed by atoms with E-state index < -0.39 is 5.97 Å². The molecule has 0 bridgehead atoms. The first-order valence-corrected chi connectivity index (χ1v) is 6.92. The highest BCUT2D eigenvalue weighted by Gasteiger charge is 2.26. The fraction of sp³-hybridized carbons (Fsp3) is 0.571. The lowest BCUT2D eigenvalue weighted by atomic mass is 9.99. The van der Waals surface area contributed by atoms with Crippen LogP contribution < -0.4 is 0 Å². The van der Waals surface area contributed by atoms with E-state index in [2.05, 4.69) is 0 Å². The second-order valence-corrected chi connectivity index (χ2v) is 5.08. The normalized spacial score (nSPS) is 19.1. The molecule has 110 valence electrons. The van der Waals surface area contributed by atoms with Gasteiger partial charge in [0.05, 0.1) is 0 Å². The van der Waals surface area contributed by atoms with E-state index in [4.69, 9.17) is 10.2 Å². The Morgan fingerprint density at radius 2 is 2.15 bits per heavy atom. The summed E-state index contributed by atoms with van der Waals surface area (Å²) >= 11 is 0. The van der Waals surface area contributed by atoms with Gasteiger partial charge in [0.25, 0.3) is 0 Å². The van der Waals surface area contributed by atoms with Crippen molar-refractivity contribution in [3.05, 3.63) is 24.0 Å². The Kier molecular flexibility index (Phi) is 4.79. The smallest absolute Gasteiger partial charge is 0.352 e. The van der Waals surface area contributed by atoms with E-state index in [1.807, 2.05) is 0 Å². The Hall–Kier alpha value is -1.82. The van der Waals surface area contributed by atoms with E-state index in [0.717, 1.165) is 19.3 Å². The van der Waals surface area contributed by atoms with Gasteiger partial charge < -0.3 is 19.7 Å². The largest absolute Gasteiger partial charge is 0.477 e. The number of rotatable bonds is 5. The second kappa shape index (κ2) is 6.56. The zero-order chi connectivity index (χ0) is 14.5. The van der Waals surface area contributed by atoms with E-state index in [-0.39, 0.29) is 30.8 Å². The Labute approximate surface area is 117 Å². The molecule has 20 heavy (non-hydrogen) atoms. The van der Waals surface area contributed by atoms with Crippen LogP contribution in [0.2, 0.25) is 0 Å². The van der Waals surface area contributed by atoms with Crippen molar-refractivity contribution in [3.63, 3.8) is 0 Å². The first-order chi connectivity index (χ1) is 9.63. The first-order valence-electron chi connectivity index (χ1n) is 6.92. The molecule has 0 aromatic carbocycles. The SMILES string of the molecule is O=C(O)c1cccn1CC(=O)N1CCCCC1CCO. The number of aromatic nitrogens is 1. The topological polar surface area (TPSA) is 82.8 Å². The number of aromatic carboxylic acids is 1. The highest BCUT2D eigenvalue weighted by Crippen LogP contribution is 2.20. The molecule has 1 aliphatic heterocycles. The number of amides is 1. The number of nitrogens with zero attached hydrogens (tertiary/aromatic N) is 2. The fourth-order valence-corrected chi connectivity index (χ4v) is 2.76. The molecule has 0 aliphatic carbocycles. The van der Waals surface area contributed by atoms with Crippen LogP contribution in [0.1, 0.15) is 36.2 Å². The van der Waals surface area contributed by atoms with Gasteiger partial charge >= 0.3 is 5.97 Å². The highest BCUT2D eigenvalue weighted by atomic mass is 16.4. The minimum atomic E-state index is -1.03. The van der Waals surface area contributed by atoms with Gasteiger partial charge in [0, 0.05) is 25.4 Å². The number of aliphatic hydroxyl groups is 1. The molecule has 2 heterocycles. The minimum Gasteiger partial charge on any atom is -0.477 e. The van der Waals surface area contributed by atoms with Gasteiger partial charge in [-0.25, -0.2) is 4.79 Å². The van der Waals surface area contributed by atoms with Crippen LogP contribution in [0.25, 0.3) is 0 Å². The van der Waals surface area contributed by atoms with E-state index >= 15 is 0 Å². The Morgan fingerprint density at radius 3 is 2.85 bits per heavy atom. The van der Waals surface area contributed by atoms with Gasteiger partial charge in [-0.3, -0.25) is 4.79 Å². The highest BCUT2D eigenvalue weighted by molar-refractivity contribution is 5.87. The van der Waals surface area contributed by atoms with Crippen LogP contribution in [0.4, 0.5) is 0 Å². The molecule has 1 amide bonds. The van der Waals surface area contributed by atoms with Crippen LogP contribution in [0.5, 0.6) is 0 Å². The Morgan fingerprint density at radius 1 is 1.35 bits per heavy atom. The molecule has 1 aliphatic rings. The number of carbonyl (C=O) groups is 2. The molecule has 1 aromatic rings. The van der Waals surface area contributed by atoms with E-state index in [9.17, 15) is 9.59 Å². The lowest BCUT2D eigenvalue weighted by molar-refractivity contribution is -0.135. The number of hydrogen-bond acceptors (Lipinski definition) is 3. The average molecular weight is 280 g/mol. The number of piperidine rings is 1. The molecular weight excluding hydrogens is 260 g/mol. The van der Waals surface area contributed by atoms with Gasteiger partial charge in [-0.1, -0.05) is 0 Å². The van der Waals surface area contributed by atoms with Gasteiger partial charge in [0.15, 0.2) is 0 Å². The number of hydrogen-bond donors (Lipinski definition) is 2. The van der Waals surface area contributed by atoms with Gasteiger partial charge in [-0.2, -0.15) is 0 Å². The van der Waals surface area contributed by atoms with Gasteiger partial charge in [-0.15, -0.1) is 0 Å². The maximum atomic E-state index is 12.4. The van der Waals surface area contributed by atoms with Gasteiger partial charge in [0.1, 0.15) is 12.2 Å². The molecule has 1 unspecified atom stereocenters. The Bertz CT molecular complexity index is 481. The van der Waals surface area contributed by atoms with Crippen molar-refractivity contribution in [3.8, 4) is 0 Å². The van der Waals surface area contributed by atoms with Crippen LogP contribution in [-0.4, -0.2) is 50.8 Å². The summed E-state index contributed by atoms with van der Waals surface area (Å²) in [5, 5.41) is 18.1. The third kappa shape index (κ3) is 3.19. The maximum Gasteiger partial charge on any atom is 0.352 e. The van der Waals surface area contributed by atoms with Crippen molar-refractivity contribution in [1.82, 2.24) is 9.47 Å². The molecular formula is C14H20N2O4. The minimum absolute atomic E-state index is 0.0383. The van der Waals surface area contributed by atoms with Crippen molar-refractivity contribution < 1.29 is 19.8 Å². The summed E-state index contributed by atoms with van der Waals surface area (Å²) in [5.74, 6) is -1.12. The third-order valence-corrected chi connectivity index (χ3v) is 3.76. The predicted octanol–water partition coefficient (Wildman–Crippen LogP) is 0.950. The van der Waals surface area contributed by atoms with Crippen LogP contribution in [0.15, 0.2) is 18.3 Å². The van der Waals surface area contributed by atoms with E-state index in [0.29, 0.717) is 13.0 Å². The number of carboxylic acids is 1. The van der Waals surface area contributed by atoms with Crippen LogP contribution in [0.3, 0.4) is 0 Å². The molecule has 0 spiro atoms. The van der Waals surface area contributed by atoms with E-state index in [1.54, 1.807) is 17.2 Å². The summed E-state index contributed by atoms with van der Waals surface area (Å²) in [6.07, 6.45) is 5.13. The summed E-state index contributed by atoms with van der Waals surface area (Å²) in [6, 6.07) is 3.18. The van der Waals surface area contributed by atoms with Crippen molar-refractivity contribution >= 4 is 11.9 Å². The van der Waals surface area contributed by atoms with Crippen molar-refractivity contribution in [2.75, 3.05) is 13.2 Å². The molecule has 6 nitrogen and oxygen atoms in total. The number of carboxylic acid groups (broad SMARTS) is 1. The standard InChI is InChI=1S/C14H20N2O4/c17-9-6-11-4-1-2-8-16(11)13(18)10-15-7-3-5-12(15)14(19)20/h3,5,7,11,17H,1-2,4,6,8-10H2,(H,19,20). The summed E-state index contributed by atoms with van der Waals surface area (Å²) in [6.45, 7) is 0.794. The van der Waals surface area contributed by atoms with Crippen LogP contribution in [0, 0.1) is 0 Å². The lowest BCUT2D eigenvalue weighted by Gasteiger charge is -2.35.